The van der Waals surface area contributed by atoms with Crippen molar-refractivity contribution in [2.45, 2.75) is 19.4 Å². The van der Waals surface area contributed by atoms with Crippen molar-refractivity contribution in [2.24, 2.45) is 0 Å². The zero-order valence-electron chi connectivity index (χ0n) is 12.0. The third-order valence-electron chi connectivity index (χ3n) is 3.32. The number of rotatable bonds is 4. The van der Waals surface area contributed by atoms with Crippen molar-refractivity contribution < 1.29 is 9.53 Å². The van der Waals surface area contributed by atoms with Crippen LogP contribution in [0.4, 0.5) is 5.69 Å². The molecule has 1 amide bonds. The fourth-order valence-corrected chi connectivity index (χ4v) is 1.83. The summed E-state index contributed by atoms with van der Waals surface area (Å²) in [5, 5.41) is 2.94. The Balaban J connectivity index is 2.33. The second-order valence-corrected chi connectivity index (χ2v) is 5.08. The molecule has 0 aliphatic carbocycles. The number of amides is 1. The monoisotopic (exact) mass is 269 g/mol. The minimum Gasteiger partial charge on any atom is -0.369 e. The van der Waals surface area contributed by atoms with Crippen molar-refractivity contribution in [1.82, 2.24) is 0 Å². The van der Waals surface area contributed by atoms with E-state index >= 15 is 0 Å². The Morgan fingerprint density at radius 1 is 1.00 bits per heavy atom. The minimum atomic E-state index is -0.857. The van der Waals surface area contributed by atoms with Gasteiger partial charge < -0.3 is 10.1 Å². The van der Waals surface area contributed by atoms with Gasteiger partial charge >= 0.3 is 0 Å². The van der Waals surface area contributed by atoms with Gasteiger partial charge in [-0.2, -0.15) is 0 Å². The molecule has 0 bridgehead atoms. The Hall–Kier alpha value is -2.13. The molecule has 0 unspecified atom stereocenters. The molecular weight excluding hydrogens is 250 g/mol. The fourth-order valence-electron chi connectivity index (χ4n) is 1.83. The SMILES string of the molecule is COC(C)(C)C(=O)Nc1ccccc1-c1ccccc1. The van der Waals surface area contributed by atoms with Crippen LogP contribution >= 0.6 is 0 Å². The van der Waals surface area contributed by atoms with Gasteiger partial charge in [-0.15, -0.1) is 0 Å². The molecule has 3 heteroatoms. The summed E-state index contributed by atoms with van der Waals surface area (Å²) in [5.74, 6) is -0.164. The van der Waals surface area contributed by atoms with Crippen LogP contribution in [0.25, 0.3) is 11.1 Å². The second-order valence-electron chi connectivity index (χ2n) is 5.08. The molecule has 2 aromatic rings. The summed E-state index contributed by atoms with van der Waals surface area (Å²) in [4.78, 5) is 12.2. The number of carbonyl (C=O) groups excluding carboxylic acids is 1. The van der Waals surface area contributed by atoms with Crippen LogP contribution in [0.3, 0.4) is 0 Å². The minimum absolute atomic E-state index is 0.164. The van der Waals surface area contributed by atoms with Gasteiger partial charge in [0.1, 0.15) is 5.60 Å². The zero-order chi connectivity index (χ0) is 14.6. The average Bonchev–Trinajstić information content (AvgIpc) is 2.48. The maximum Gasteiger partial charge on any atom is 0.256 e. The van der Waals surface area contributed by atoms with Gasteiger partial charge in [-0.25, -0.2) is 0 Å². The number of hydrogen-bond acceptors (Lipinski definition) is 2. The van der Waals surface area contributed by atoms with Gasteiger partial charge in [0.05, 0.1) is 0 Å². The van der Waals surface area contributed by atoms with E-state index in [1.807, 2.05) is 54.6 Å². The van der Waals surface area contributed by atoms with Crippen LogP contribution in [-0.4, -0.2) is 18.6 Å². The van der Waals surface area contributed by atoms with Gasteiger partial charge in [-0.1, -0.05) is 48.5 Å². The molecule has 2 rings (SSSR count). The molecule has 0 saturated carbocycles. The molecule has 1 N–H and O–H groups in total. The molecule has 0 fully saturated rings. The van der Waals surface area contributed by atoms with Gasteiger partial charge in [0.15, 0.2) is 0 Å². The summed E-state index contributed by atoms with van der Waals surface area (Å²) >= 11 is 0. The summed E-state index contributed by atoms with van der Waals surface area (Å²) < 4.78 is 5.21. The third-order valence-corrected chi connectivity index (χ3v) is 3.32. The Morgan fingerprint density at radius 2 is 1.60 bits per heavy atom. The predicted molar refractivity (Wildman–Crippen MR) is 81.6 cm³/mol. The Labute approximate surface area is 119 Å². The maximum absolute atomic E-state index is 12.2. The lowest BCUT2D eigenvalue weighted by molar-refractivity contribution is -0.133. The number of carbonyl (C=O) groups is 1. The van der Waals surface area contributed by atoms with Crippen LogP contribution in [0.2, 0.25) is 0 Å². The average molecular weight is 269 g/mol. The van der Waals surface area contributed by atoms with Gasteiger partial charge in [0.25, 0.3) is 5.91 Å². The van der Waals surface area contributed by atoms with E-state index < -0.39 is 5.60 Å². The summed E-state index contributed by atoms with van der Waals surface area (Å²) in [6.45, 7) is 3.49. The van der Waals surface area contributed by atoms with Crippen LogP contribution in [0.15, 0.2) is 54.6 Å². The van der Waals surface area contributed by atoms with Crippen molar-refractivity contribution in [2.75, 3.05) is 12.4 Å². The summed E-state index contributed by atoms with van der Waals surface area (Å²) in [5.41, 5.74) is 1.99. The number of para-hydroxylation sites is 1. The molecular formula is C17H19NO2. The molecule has 0 aliphatic rings. The zero-order valence-corrected chi connectivity index (χ0v) is 12.0. The molecule has 0 atom stereocenters. The largest absolute Gasteiger partial charge is 0.369 e. The van der Waals surface area contributed by atoms with E-state index in [0.29, 0.717) is 0 Å². The maximum atomic E-state index is 12.2. The quantitative estimate of drug-likeness (QED) is 0.918. The molecule has 0 heterocycles. The lowest BCUT2D eigenvalue weighted by Gasteiger charge is -2.22. The highest BCUT2D eigenvalue weighted by Crippen LogP contribution is 2.28. The van der Waals surface area contributed by atoms with Crippen molar-refractivity contribution in [1.29, 1.82) is 0 Å². The van der Waals surface area contributed by atoms with Crippen molar-refractivity contribution in [3.8, 4) is 11.1 Å². The Morgan fingerprint density at radius 3 is 2.25 bits per heavy atom. The number of methoxy groups -OCH3 is 1. The molecule has 0 saturated heterocycles. The standard InChI is InChI=1S/C17H19NO2/c1-17(2,20-3)16(19)18-15-12-8-7-11-14(15)13-9-5-4-6-10-13/h4-12H,1-3H3,(H,18,19). The molecule has 0 aliphatic heterocycles. The van der Waals surface area contributed by atoms with Crippen LogP contribution in [0.1, 0.15) is 13.8 Å². The molecule has 20 heavy (non-hydrogen) atoms. The van der Waals surface area contributed by atoms with E-state index in [-0.39, 0.29) is 5.91 Å². The number of hydrogen-bond donors (Lipinski definition) is 1. The van der Waals surface area contributed by atoms with Crippen molar-refractivity contribution in [3.05, 3.63) is 54.6 Å². The lowest BCUT2D eigenvalue weighted by atomic mass is 10.0. The van der Waals surface area contributed by atoms with Gasteiger partial charge in [-0.05, 0) is 25.5 Å². The van der Waals surface area contributed by atoms with Gasteiger partial charge in [-0.3, -0.25) is 4.79 Å². The van der Waals surface area contributed by atoms with E-state index in [1.165, 1.54) is 7.11 Å². The highest BCUT2D eigenvalue weighted by Gasteiger charge is 2.27. The van der Waals surface area contributed by atoms with E-state index in [1.54, 1.807) is 13.8 Å². The number of ether oxygens (including phenoxy) is 1. The van der Waals surface area contributed by atoms with Crippen LogP contribution < -0.4 is 5.32 Å². The second kappa shape index (κ2) is 5.88. The van der Waals surface area contributed by atoms with Gasteiger partial charge in [0, 0.05) is 18.4 Å². The highest BCUT2D eigenvalue weighted by molar-refractivity contribution is 5.99. The highest BCUT2D eigenvalue weighted by atomic mass is 16.5. The molecule has 2 aromatic carbocycles. The van der Waals surface area contributed by atoms with E-state index in [9.17, 15) is 4.79 Å². The smallest absolute Gasteiger partial charge is 0.256 e. The van der Waals surface area contributed by atoms with E-state index in [4.69, 9.17) is 4.74 Å². The molecule has 0 spiro atoms. The van der Waals surface area contributed by atoms with Crippen LogP contribution in [0.5, 0.6) is 0 Å². The van der Waals surface area contributed by atoms with E-state index in [0.717, 1.165) is 16.8 Å². The predicted octanol–water partition coefficient (Wildman–Crippen LogP) is 3.72. The van der Waals surface area contributed by atoms with Crippen LogP contribution in [-0.2, 0) is 9.53 Å². The Kier molecular flexibility index (Phi) is 4.20. The van der Waals surface area contributed by atoms with Crippen molar-refractivity contribution in [3.63, 3.8) is 0 Å². The number of anilines is 1. The van der Waals surface area contributed by atoms with Crippen LogP contribution in [0, 0.1) is 0 Å². The van der Waals surface area contributed by atoms with Crippen molar-refractivity contribution >= 4 is 11.6 Å². The first-order valence-corrected chi connectivity index (χ1v) is 6.55. The fraction of sp³-hybridized carbons (Fsp3) is 0.235. The molecule has 0 radical (unpaired) electrons. The first-order valence-electron chi connectivity index (χ1n) is 6.55. The first-order chi connectivity index (χ1) is 9.54. The number of nitrogens with one attached hydrogen (secondary N) is 1. The summed E-state index contributed by atoms with van der Waals surface area (Å²) in [6, 6.07) is 17.7. The molecule has 0 aromatic heterocycles. The molecule has 104 valence electrons. The third kappa shape index (κ3) is 3.06. The number of benzene rings is 2. The normalized spacial score (nSPS) is 11.2. The topological polar surface area (TPSA) is 38.3 Å². The summed E-state index contributed by atoms with van der Waals surface area (Å²) in [6.07, 6.45) is 0. The Bertz CT molecular complexity index is 591. The molecule has 3 nitrogen and oxygen atoms in total. The van der Waals surface area contributed by atoms with Gasteiger partial charge in [0.2, 0.25) is 0 Å². The summed E-state index contributed by atoms with van der Waals surface area (Å²) in [7, 11) is 1.53. The van der Waals surface area contributed by atoms with E-state index in [2.05, 4.69) is 5.32 Å². The lowest BCUT2D eigenvalue weighted by Crippen LogP contribution is -2.38. The first kappa shape index (κ1) is 14.3.